The quantitative estimate of drug-likeness (QED) is 0.612. The summed E-state index contributed by atoms with van der Waals surface area (Å²) in [4.78, 5) is 20.5. The van der Waals surface area contributed by atoms with E-state index in [4.69, 9.17) is 9.47 Å². The predicted octanol–water partition coefficient (Wildman–Crippen LogP) is 4.50. The highest BCUT2D eigenvalue weighted by molar-refractivity contribution is 5.92. The molecule has 0 saturated heterocycles. The zero-order chi connectivity index (χ0) is 20.6. The van der Waals surface area contributed by atoms with Gasteiger partial charge in [-0.25, -0.2) is 4.98 Å². The molecule has 1 amide bonds. The highest BCUT2D eigenvalue weighted by Gasteiger charge is 2.11. The maximum Gasteiger partial charge on any atom is 0.263 e. The van der Waals surface area contributed by atoms with Crippen molar-refractivity contribution >= 4 is 11.7 Å². The van der Waals surface area contributed by atoms with Crippen molar-refractivity contribution in [2.75, 3.05) is 11.9 Å². The van der Waals surface area contributed by atoms with Crippen molar-refractivity contribution in [1.82, 2.24) is 9.97 Å². The number of ether oxygens (including phenoxy) is 2. The molecule has 6 heteroatoms. The van der Waals surface area contributed by atoms with Crippen LogP contribution in [0.4, 0.5) is 5.82 Å². The van der Waals surface area contributed by atoms with E-state index in [0.29, 0.717) is 29.8 Å². The van der Waals surface area contributed by atoms with E-state index in [0.717, 1.165) is 11.1 Å². The lowest BCUT2D eigenvalue weighted by Gasteiger charge is -2.13. The molecule has 1 aromatic carbocycles. The Hall–Kier alpha value is -3.41. The van der Waals surface area contributed by atoms with Crippen molar-refractivity contribution in [3.05, 3.63) is 77.7 Å². The van der Waals surface area contributed by atoms with Crippen LogP contribution < -0.4 is 14.8 Å². The van der Waals surface area contributed by atoms with Crippen LogP contribution in [0.2, 0.25) is 0 Å². The second kappa shape index (κ2) is 9.68. The average Bonchev–Trinajstić information content (AvgIpc) is 2.72. The lowest BCUT2D eigenvalue weighted by Crippen LogP contribution is -2.21. The Bertz CT molecular complexity index is 959. The SMILES string of the molecule is Cc1cc(OCC(=O)Nc2ncccc2OCc2ccncc2)ccc1C(C)C. The van der Waals surface area contributed by atoms with Crippen LogP contribution in [0.15, 0.2) is 61.1 Å². The van der Waals surface area contributed by atoms with Gasteiger partial charge in [0, 0.05) is 18.6 Å². The van der Waals surface area contributed by atoms with Gasteiger partial charge in [-0.3, -0.25) is 9.78 Å². The standard InChI is InChI=1S/C23H25N3O3/c1-16(2)20-7-6-19(13-17(20)3)28-15-22(27)26-23-21(5-4-10-25-23)29-14-18-8-11-24-12-9-18/h4-13,16H,14-15H2,1-3H3,(H,25,26,27). The fourth-order valence-corrected chi connectivity index (χ4v) is 2.94. The molecule has 0 bridgehead atoms. The van der Waals surface area contributed by atoms with Gasteiger partial charge in [0.1, 0.15) is 12.4 Å². The summed E-state index contributed by atoms with van der Waals surface area (Å²) in [6.07, 6.45) is 5.01. The normalized spacial score (nSPS) is 10.6. The molecule has 0 radical (unpaired) electrons. The van der Waals surface area contributed by atoms with Gasteiger partial charge in [-0.05, 0) is 65.9 Å². The summed E-state index contributed by atoms with van der Waals surface area (Å²) < 4.78 is 11.4. The van der Waals surface area contributed by atoms with Gasteiger partial charge in [0.05, 0.1) is 0 Å². The van der Waals surface area contributed by atoms with Crippen molar-refractivity contribution in [3.63, 3.8) is 0 Å². The first-order valence-corrected chi connectivity index (χ1v) is 9.53. The molecule has 3 rings (SSSR count). The molecule has 0 fully saturated rings. The number of amides is 1. The van der Waals surface area contributed by atoms with Crippen LogP contribution in [0.3, 0.4) is 0 Å². The maximum absolute atomic E-state index is 12.3. The van der Waals surface area contributed by atoms with Crippen LogP contribution in [0, 0.1) is 6.92 Å². The molecule has 0 spiro atoms. The fourth-order valence-electron chi connectivity index (χ4n) is 2.94. The van der Waals surface area contributed by atoms with E-state index < -0.39 is 0 Å². The van der Waals surface area contributed by atoms with E-state index in [1.165, 1.54) is 5.56 Å². The van der Waals surface area contributed by atoms with Gasteiger partial charge in [-0.15, -0.1) is 0 Å². The van der Waals surface area contributed by atoms with Crippen LogP contribution in [0.25, 0.3) is 0 Å². The van der Waals surface area contributed by atoms with E-state index in [1.54, 1.807) is 30.7 Å². The average molecular weight is 391 g/mol. The summed E-state index contributed by atoms with van der Waals surface area (Å²) in [6.45, 7) is 6.59. The Morgan fingerprint density at radius 1 is 1.07 bits per heavy atom. The molecule has 0 aliphatic rings. The van der Waals surface area contributed by atoms with Gasteiger partial charge in [0.2, 0.25) is 0 Å². The Balaban J connectivity index is 1.57. The molecular weight excluding hydrogens is 366 g/mol. The molecule has 0 atom stereocenters. The first-order valence-electron chi connectivity index (χ1n) is 9.53. The van der Waals surface area contributed by atoms with Gasteiger partial charge >= 0.3 is 0 Å². The summed E-state index contributed by atoms with van der Waals surface area (Å²) >= 11 is 0. The van der Waals surface area contributed by atoms with Gasteiger partial charge in [0.25, 0.3) is 5.91 Å². The highest BCUT2D eigenvalue weighted by Crippen LogP contribution is 2.24. The summed E-state index contributed by atoms with van der Waals surface area (Å²) in [5, 5.41) is 2.75. The maximum atomic E-state index is 12.3. The molecular formula is C23H25N3O3. The van der Waals surface area contributed by atoms with Gasteiger partial charge < -0.3 is 14.8 Å². The second-order valence-corrected chi connectivity index (χ2v) is 7.00. The van der Waals surface area contributed by atoms with Crippen LogP contribution in [0.1, 0.15) is 36.5 Å². The number of hydrogen-bond acceptors (Lipinski definition) is 5. The third kappa shape index (κ3) is 5.78. The predicted molar refractivity (Wildman–Crippen MR) is 112 cm³/mol. The first kappa shape index (κ1) is 20.3. The van der Waals surface area contributed by atoms with Gasteiger partial charge in [-0.2, -0.15) is 0 Å². The minimum Gasteiger partial charge on any atom is -0.485 e. The van der Waals surface area contributed by atoms with E-state index in [-0.39, 0.29) is 12.5 Å². The number of carbonyl (C=O) groups excluding carboxylic acids is 1. The smallest absolute Gasteiger partial charge is 0.263 e. The lowest BCUT2D eigenvalue weighted by molar-refractivity contribution is -0.118. The summed E-state index contributed by atoms with van der Waals surface area (Å²) in [5.74, 6) is 1.67. The number of aryl methyl sites for hydroxylation is 1. The number of nitrogens with one attached hydrogen (secondary N) is 1. The number of aromatic nitrogens is 2. The van der Waals surface area contributed by atoms with Crippen molar-refractivity contribution in [2.24, 2.45) is 0 Å². The van der Waals surface area contributed by atoms with E-state index in [1.807, 2.05) is 37.3 Å². The molecule has 150 valence electrons. The van der Waals surface area contributed by atoms with Crippen molar-refractivity contribution in [2.45, 2.75) is 33.3 Å². The number of carbonyl (C=O) groups is 1. The number of pyridine rings is 2. The van der Waals surface area contributed by atoms with Crippen molar-refractivity contribution < 1.29 is 14.3 Å². The second-order valence-electron chi connectivity index (χ2n) is 7.00. The minimum absolute atomic E-state index is 0.110. The van der Waals surface area contributed by atoms with Gasteiger partial charge in [0.15, 0.2) is 18.2 Å². The zero-order valence-corrected chi connectivity index (χ0v) is 16.9. The molecule has 0 aliphatic carbocycles. The molecule has 1 N–H and O–H groups in total. The number of benzene rings is 1. The van der Waals surface area contributed by atoms with Gasteiger partial charge in [-0.1, -0.05) is 19.9 Å². The Morgan fingerprint density at radius 3 is 2.59 bits per heavy atom. The minimum atomic E-state index is -0.303. The molecule has 0 aliphatic heterocycles. The van der Waals surface area contributed by atoms with Crippen LogP contribution in [0.5, 0.6) is 11.5 Å². The number of hydrogen-bond donors (Lipinski definition) is 1. The lowest BCUT2D eigenvalue weighted by atomic mass is 9.98. The molecule has 0 unspecified atom stereocenters. The number of nitrogens with zero attached hydrogens (tertiary/aromatic N) is 2. The summed E-state index contributed by atoms with van der Waals surface area (Å²) in [6, 6.07) is 13.1. The molecule has 6 nitrogen and oxygen atoms in total. The van der Waals surface area contributed by atoms with Crippen LogP contribution >= 0.6 is 0 Å². The molecule has 2 heterocycles. The third-order valence-electron chi connectivity index (χ3n) is 4.41. The highest BCUT2D eigenvalue weighted by atomic mass is 16.5. The zero-order valence-electron chi connectivity index (χ0n) is 16.9. The Labute approximate surface area is 170 Å². The van der Waals surface area contributed by atoms with E-state index in [2.05, 4.69) is 29.1 Å². The fraction of sp³-hybridized carbons (Fsp3) is 0.261. The number of anilines is 1. The third-order valence-corrected chi connectivity index (χ3v) is 4.41. The number of rotatable bonds is 8. The van der Waals surface area contributed by atoms with Crippen molar-refractivity contribution in [3.8, 4) is 11.5 Å². The summed E-state index contributed by atoms with van der Waals surface area (Å²) in [7, 11) is 0. The molecule has 0 saturated carbocycles. The Kier molecular flexibility index (Phi) is 6.79. The monoisotopic (exact) mass is 391 g/mol. The van der Waals surface area contributed by atoms with Crippen molar-refractivity contribution in [1.29, 1.82) is 0 Å². The summed E-state index contributed by atoms with van der Waals surface area (Å²) in [5.41, 5.74) is 3.39. The van der Waals surface area contributed by atoms with E-state index >= 15 is 0 Å². The van der Waals surface area contributed by atoms with Crippen LogP contribution in [-0.2, 0) is 11.4 Å². The molecule has 29 heavy (non-hydrogen) atoms. The Morgan fingerprint density at radius 2 is 1.86 bits per heavy atom. The van der Waals surface area contributed by atoms with Crippen LogP contribution in [-0.4, -0.2) is 22.5 Å². The first-order chi connectivity index (χ1) is 14.0. The molecule has 3 aromatic rings. The topological polar surface area (TPSA) is 73.3 Å². The van der Waals surface area contributed by atoms with E-state index in [9.17, 15) is 4.79 Å². The molecule has 2 aromatic heterocycles. The largest absolute Gasteiger partial charge is 0.485 e.